The van der Waals surface area contributed by atoms with Crippen molar-refractivity contribution in [3.05, 3.63) is 33.8 Å². The number of hydrogen-bond acceptors (Lipinski definition) is 12. The molecule has 2 aromatic rings. The number of primary amides is 1. The van der Waals surface area contributed by atoms with Crippen LogP contribution in [0.2, 0.25) is 0 Å². The first-order chi connectivity index (χ1) is 19.2. The summed E-state index contributed by atoms with van der Waals surface area (Å²) < 4.78 is 0. The van der Waals surface area contributed by atoms with Crippen molar-refractivity contribution in [2.75, 3.05) is 38.4 Å². The number of rotatable bonds is 6. The van der Waals surface area contributed by atoms with Gasteiger partial charge in [0.2, 0.25) is 5.91 Å². The van der Waals surface area contributed by atoms with Gasteiger partial charge < -0.3 is 26.2 Å². The number of aryl methyl sites for hydroxylation is 1. The molecular weight excluding hydrogens is 550 g/mol. The van der Waals surface area contributed by atoms with Gasteiger partial charge in [-0.15, -0.1) is 11.3 Å². The fourth-order valence-corrected chi connectivity index (χ4v) is 7.53. The van der Waals surface area contributed by atoms with Gasteiger partial charge >= 0.3 is 0 Å². The molecule has 0 aliphatic heterocycles. The Morgan fingerprint density at radius 2 is 1.88 bits per heavy atom. The number of amides is 1. The topological polar surface area (TPSA) is 183 Å². The van der Waals surface area contributed by atoms with Gasteiger partial charge in [-0.1, -0.05) is 0 Å². The molecule has 2 saturated carbocycles. The second kappa shape index (κ2) is 10.00. The molecule has 5 N–H and O–H groups in total. The maximum Gasteiger partial charge on any atom is 0.235 e. The number of aliphatic hydroxyl groups is 1. The second-order valence-electron chi connectivity index (χ2n) is 11.6. The van der Waals surface area contributed by atoms with Crippen LogP contribution in [0, 0.1) is 30.6 Å². The monoisotopic (exact) mass is 583 g/mol. The summed E-state index contributed by atoms with van der Waals surface area (Å²) >= 11 is 1.40. The number of likely N-dealkylation sites (N-methyl/N-ethyl adjacent to an activating group) is 1. The normalized spacial score (nSPS) is 29.2. The van der Waals surface area contributed by atoms with Crippen molar-refractivity contribution in [2.24, 2.45) is 29.4 Å². The Morgan fingerprint density at radius 3 is 2.44 bits per heavy atom. The van der Waals surface area contributed by atoms with Crippen LogP contribution in [0.1, 0.15) is 33.6 Å². The van der Waals surface area contributed by atoms with Gasteiger partial charge in [0.25, 0.3) is 0 Å². The smallest absolute Gasteiger partial charge is 0.235 e. The van der Waals surface area contributed by atoms with E-state index in [0.29, 0.717) is 21.9 Å². The van der Waals surface area contributed by atoms with E-state index in [1.807, 2.05) is 17.2 Å². The minimum atomic E-state index is -2.75. The summed E-state index contributed by atoms with van der Waals surface area (Å²) in [5, 5.41) is 28.7. The molecule has 5 rings (SSSR count). The maximum atomic E-state index is 14.1. The quantitative estimate of drug-likeness (QED) is 0.343. The largest absolute Gasteiger partial charge is 0.507 e. The molecular formula is C28H33N5O7S. The van der Waals surface area contributed by atoms with E-state index in [9.17, 15) is 34.2 Å². The van der Waals surface area contributed by atoms with Crippen LogP contribution in [0.5, 0.6) is 5.75 Å². The summed E-state index contributed by atoms with van der Waals surface area (Å²) in [7, 11) is 6.72. The molecule has 3 aliphatic rings. The molecule has 2 fully saturated rings. The predicted octanol–water partition coefficient (Wildman–Crippen LogP) is 0.310. The van der Waals surface area contributed by atoms with Gasteiger partial charge in [0.05, 0.1) is 23.2 Å². The van der Waals surface area contributed by atoms with Gasteiger partial charge in [-0.25, -0.2) is 4.98 Å². The van der Waals surface area contributed by atoms with Gasteiger partial charge in [-0.05, 0) is 51.4 Å². The number of fused-ring (bicyclic) bond motifs is 3. The summed E-state index contributed by atoms with van der Waals surface area (Å²) in [6, 6.07) is 0.644. The average Bonchev–Trinajstić information content (AvgIpc) is 3.30. The minimum absolute atomic E-state index is 0.00420. The first-order valence-electron chi connectivity index (χ1n) is 13.3. The molecule has 12 nitrogen and oxygen atoms in total. The zero-order valence-corrected chi connectivity index (χ0v) is 24.2. The molecule has 13 heteroatoms. The molecule has 218 valence electrons. The fourth-order valence-electron chi connectivity index (χ4n) is 6.85. The number of nitrogens with one attached hydrogen (secondary N) is 1. The fraction of sp³-hybridized carbons (Fsp3) is 0.500. The lowest BCUT2D eigenvalue weighted by atomic mass is 9.52. The third-order valence-electron chi connectivity index (χ3n) is 8.65. The van der Waals surface area contributed by atoms with E-state index in [0.717, 1.165) is 5.69 Å². The Morgan fingerprint density at radius 1 is 1.20 bits per heavy atom. The van der Waals surface area contributed by atoms with Crippen LogP contribution in [0.15, 0.2) is 11.4 Å². The summed E-state index contributed by atoms with van der Waals surface area (Å²) in [6.07, 6.45) is 0.205. The number of Topliss-reactive ketones (excluding diaryl/α,β-unsaturated/α-hetero) is 4. The number of anilines is 2. The number of carbonyl (C=O) groups excluding carboxylic acids is 5. The number of ketones is 4. The van der Waals surface area contributed by atoms with Crippen LogP contribution < -0.4 is 16.0 Å². The van der Waals surface area contributed by atoms with Crippen molar-refractivity contribution in [3.8, 4) is 5.75 Å². The number of nitrogens with zero attached hydrogens (tertiary/aromatic N) is 3. The lowest BCUT2D eigenvalue weighted by Gasteiger charge is -2.52. The number of phenols is 1. The van der Waals surface area contributed by atoms with Crippen molar-refractivity contribution >= 4 is 51.2 Å². The minimum Gasteiger partial charge on any atom is -0.507 e. The third kappa shape index (κ3) is 4.25. The lowest BCUT2D eigenvalue weighted by Crippen LogP contribution is -2.74. The molecule has 1 amide bonds. The lowest BCUT2D eigenvalue weighted by molar-refractivity contribution is -0.181. The Bertz CT molecular complexity index is 1500. The highest BCUT2D eigenvalue weighted by atomic mass is 32.1. The zero-order chi connectivity index (χ0) is 30.1. The van der Waals surface area contributed by atoms with Gasteiger partial charge in [-0.2, -0.15) is 0 Å². The van der Waals surface area contributed by atoms with Crippen molar-refractivity contribution in [1.29, 1.82) is 0 Å². The van der Waals surface area contributed by atoms with E-state index in [2.05, 4.69) is 10.3 Å². The van der Waals surface area contributed by atoms with E-state index in [-0.39, 0.29) is 30.7 Å². The Kier molecular flexibility index (Phi) is 7.03. The van der Waals surface area contributed by atoms with Crippen LogP contribution >= 0.6 is 11.3 Å². The molecule has 3 aliphatic carbocycles. The molecule has 0 saturated heterocycles. The number of hydrogen-bond donors (Lipinski definition) is 4. The van der Waals surface area contributed by atoms with Gasteiger partial charge in [-0.3, -0.25) is 28.9 Å². The Balaban J connectivity index is 1.60. The molecule has 1 aromatic carbocycles. The number of thiazole rings is 1. The highest BCUT2D eigenvalue weighted by molar-refractivity contribution is 7.13. The van der Waals surface area contributed by atoms with Crippen LogP contribution in [0.25, 0.3) is 0 Å². The van der Waals surface area contributed by atoms with E-state index in [4.69, 9.17) is 5.73 Å². The van der Waals surface area contributed by atoms with Crippen LogP contribution in [-0.4, -0.2) is 89.0 Å². The van der Waals surface area contributed by atoms with Gasteiger partial charge in [0.1, 0.15) is 5.75 Å². The van der Waals surface area contributed by atoms with Crippen LogP contribution in [0.4, 0.5) is 10.8 Å². The van der Waals surface area contributed by atoms with Crippen molar-refractivity contribution in [3.63, 3.8) is 0 Å². The number of aromatic hydroxyl groups is 1. The Labute approximate surface area is 240 Å². The van der Waals surface area contributed by atoms with Crippen LogP contribution in [0.3, 0.4) is 0 Å². The zero-order valence-electron chi connectivity index (χ0n) is 23.4. The molecule has 41 heavy (non-hydrogen) atoms. The molecule has 2 unspecified atom stereocenters. The van der Waals surface area contributed by atoms with Crippen molar-refractivity contribution in [1.82, 2.24) is 9.88 Å². The molecule has 0 spiro atoms. The third-order valence-corrected chi connectivity index (χ3v) is 9.57. The first-order valence-corrected chi connectivity index (χ1v) is 14.1. The molecule has 1 aromatic heterocycles. The van der Waals surface area contributed by atoms with E-state index >= 15 is 0 Å². The summed E-state index contributed by atoms with van der Waals surface area (Å²) in [5.74, 6) is -10.6. The van der Waals surface area contributed by atoms with Crippen molar-refractivity contribution < 1.29 is 34.2 Å². The SMILES string of the molecule is Cc1csc(NCc2cc(N(C)C)c3c(c2O)C(=O)C2C(=O)[C@]4(O)C(=O)C(C(N)=O)C(=O)[C@@H](N(C)C)[C@@H]4C[C@@H]2C3)n1. The number of aromatic nitrogens is 1. The summed E-state index contributed by atoms with van der Waals surface area (Å²) in [5.41, 5.74) is 5.07. The highest BCUT2D eigenvalue weighted by Crippen LogP contribution is 2.52. The Hall–Kier alpha value is -3.68. The first kappa shape index (κ1) is 28.8. The van der Waals surface area contributed by atoms with E-state index in [1.54, 1.807) is 34.3 Å². The van der Waals surface area contributed by atoms with Gasteiger partial charge in [0, 0.05) is 43.2 Å². The average molecular weight is 584 g/mol. The maximum absolute atomic E-state index is 14.1. The molecule has 6 atom stereocenters. The number of nitrogens with two attached hydrogens (primary N) is 1. The van der Waals surface area contributed by atoms with Gasteiger partial charge in [0.15, 0.2) is 39.8 Å². The molecule has 0 radical (unpaired) electrons. The standard InChI is InChI=1S/C28H33N5O7S/c1-11-10-41-27(31-11)30-9-13-8-16(32(2)3)14-6-12-7-15-20(33(4)5)23(36)19(26(29)39)25(38)28(15,40)24(37)17(12)22(35)18(14)21(13)34/h8,10,12,15,17,19-20,34,40H,6-7,9H2,1-5H3,(H2,29,39)(H,30,31)/t12-,15-,17?,19?,20-,28-/m0/s1. The number of carbonyl (C=O) groups is 5. The highest BCUT2D eigenvalue weighted by Gasteiger charge is 2.69. The number of phenolic OH excluding ortho intramolecular Hbond substituents is 1. The van der Waals surface area contributed by atoms with Crippen molar-refractivity contribution in [2.45, 2.75) is 38.0 Å². The molecule has 0 bridgehead atoms. The molecule has 1 heterocycles. The van der Waals surface area contributed by atoms with E-state index in [1.165, 1.54) is 16.2 Å². The van der Waals surface area contributed by atoms with E-state index < -0.39 is 64.4 Å². The summed E-state index contributed by atoms with van der Waals surface area (Å²) in [6.45, 7) is 2.01. The van der Waals surface area contributed by atoms with Crippen LogP contribution in [-0.2, 0) is 32.1 Å². The number of benzene rings is 1. The summed E-state index contributed by atoms with van der Waals surface area (Å²) in [4.78, 5) is 74.6. The predicted molar refractivity (Wildman–Crippen MR) is 150 cm³/mol. The second-order valence-corrected chi connectivity index (χ2v) is 12.4.